The van der Waals surface area contributed by atoms with Crippen LogP contribution >= 0.6 is 0 Å². The Hall–Kier alpha value is -6.46. The maximum atomic E-state index is 5.69. The second kappa shape index (κ2) is 22.7. The van der Waals surface area contributed by atoms with Gasteiger partial charge in [-0.25, -0.2) is 29.9 Å². The van der Waals surface area contributed by atoms with E-state index in [0.29, 0.717) is 59.4 Å². The summed E-state index contributed by atoms with van der Waals surface area (Å²) in [6.07, 6.45) is 22.6. The molecule has 0 spiro atoms. The molecular formula is C38H62N18. The Kier molecular flexibility index (Phi) is 17.8. The largest absolute Gasteiger partial charge is 0.369 e. The van der Waals surface area contributed by atoms with Gasteiger partial charge in [-0.3, -0.25) is 0 Å². The van der Waals surface area contributed by atoms with E-state index in [4.69, 9.17) is 34.4 Å². The fourth-order valence-electron chi connectivity index (χ4n) is 6.36. The highest BCUT2D eigenvalue weighted by Crippen LogP contribution is 2.35. The van der Waals surface area contributed by atoms with Crippen molar-refractivity contribution in [1.82, 2.24) is 59.8 Å². The van der Waals surface area contributed by atoms with Gasteiger partial charge in [0.25, 0.3) is 0 Å². The lowest BCUT2D eigenvalue weighted by Crippen LogP contribution is -2.07. The maximum Gasteiger partial charge on any atom is 0.197 e. The third kappa shape index (κ3) is 14.1. The Morgan fingerprint density at radius 1 is 0.446 bits per heavy atom. The molecule has 0 aromatic carbocycles. The zero-order valence-electron chi connectivity index (χ0n) is 33.1. The molecule has 18 heteroatoms. The van der Waals surface area contributed by atoms with Gasteiger partial charge in [0.2, 0.25) is 0 Å². The summed E-state index contributed by atoms with van der Waals surface area (Å²) in [5.41, 5.74) is 39.4. The molecule has 0 saturated heterocycles. The molecule has 0 radical (unpaired) electrons. The second-order valence-corrected chi connectivity index (χ2v) is 13.4. The lowest BCUT2D eigenvalue weighted by atomic mass is 9.86. The summed E-state index contributed by atoms with van der Waals surface area (Å²) in [7, 11) is 0. The van der Waals surface area contributed by atoms with Crippen LogP contribution in [0.1, 0.15) is 137 Å². The van der Waals surface area contributed by atoms with Crippen molar-refractivity contribution < 1.29 is 0 Å². The molecule has 0 bridgehead atoms. The van der Waals surface area contributed by atoms with Crippen molar-refractivity contribution in [2.24, 2.45) is 0 Å². The molecule has 6 aromatic rings. The van der Waals surface area contributed by atoms with Gasteiger partial charge >= 0.3 is 0 Å². The number of hydrogen-bond acceptors (Lipinski definition) is 12. The minimum Gasteiger partial charge on any atom is -0.369 e. The molecule has 6 aromatic heterocycles. The molecule has 0 fully saturated rings. The average molecular weight is 771 g/mol. The Labute approximate surface area is 328 Å². The molecule has 56 heavy (non-hydrogen) atoms. The summed E-state index contributed by atoms with van der Waals surface area (Å²) < 4.78 is 0. The number of nitrogens with zero attached hydrogens (tertiary/aromatic N) is 6. The molecule has 0 saturated carbocycles. The lowest BCUT2D eigenvalue weighted by Gasteiger charge is -2.20. The van der Waals surface area contributed by atoms with E-state index in [1.54, 1.807) is 24.5 Å². The smallest absolute Gasteiger partial charge is 0.197 e. The van der Waals surface area contributed by atoms with Crippen molar-refractivity contribution in [3.8, 4) is 0 Å². The van der Waals surface area contributed by atoms with Crippen LogP contribution in [0.25, 0.3) is 12.2 Å². The molecule has 4 unspecified atom stereocenters. The summed E-state index contributed by atoms with van der Waals surface area (Å²) in [4.78, 5) is 42.1. The van der Waals surface area contributed by atoms with Crippen molar-refractivity contribution >= 4 is 47.8 Å². The van der Waals surface area contributed by atoms with E-state index in [1.807, 2.05) is 24.8 Å². The molecule has 18 N–H and O–H groups in total. The number of nitrogens with one attached hydrogen (secondary N) is 6. The van der Waals surface area contributed by atoms with Crippen molar-refractivity contribution in [2.75, 3.05) is 34.4 Å². The predicted molar refractivity (Wildman–Crippen MR) is 229 cm³/mol. The summed E-state index contributed by atoms with van der Waals surface area (Å²) in [5.74, 6) is 4.49. The zero-order chi connectivity index (χ0) is 41.0. The van der Waals surface area contributed by atoms with Gasteiger partial charge in [0.05, 0.1) is 48.6 Å². The van der Waals surface area contributed by atoms with Crippen LogP contribution in [0.4, 0.5) is 35.7 Å². The third-order valence-corrected chi connectivity index (χ3v) is 9.29. The number of nitrogens with two attached hydrogens (primary N) is 6. The monoisotopic (exact) mass is 771 g/mol. The fourth-order valence-corrected chi connectivity index (χ4v) is 6.36. The lowest BCUT2D eigenvalue weighted by molar-refractivity contribution is 0.478. The molecule has 0 amide bonds. The molecular weight excluding hydrogens is 709 g/mol. The van der Waals surface area contributed by atoms with Gasteiger partial charge in [0.1, 0.15) is 0 Å². The fraction of sp³-hybridized carbons (Fsp3) is 0.421. The van der Waals surface area contributed by atoms with Gasteiger partial charge in [0.15, 0.2) is 35.7 Å². The van der Waals surface area contributed by atoms with Gasteiger partial charge in [0, 0.05) is 46.4 Å². The van der Waals surface area contributed by atoms with Crippen molar-refractivity contribution in [1.29, 1.82) is 0 Å². The van der Waals surface area contributed by atoms with E-state index in [9.17, 15) is 0 Å². The number of rotatable bonds is 16. The molecule has 18 nitrogen and oxygen atoms in total. The number of aromatic amines is 6. The highest BCUT2D eigenvalue weighted by Gasteiger charge is 2.22. The highest BCUT2D eigenvalue weighted by molar-refractivity contribution is 5.43. The summed E-state index contributed by atoms with van der Waals surface area (Å²) in [6.45, 7) is 15.8. The van der Waals surface area contributed by atoms with Gasteiger partial charge < -0.3 is 64.3 Å². The Morgan fingerprint density at radius 3 is 0.893 bits per heavy atom. The van der Waals surface area contributed by atoms with E-state index in [1.165, 1.54) is 0 Å². The number of aromatic nitrogens is 12. The van der Waals surface area contributed by atoms with Crippen molar-refractivity contribution in [3.05, 3.63) is 84.5 Å². The third-order valence-electron chi connectivity index (χ3n) is 9.29. The molecule has 304 valence electrons. The van der Waals surface area contributed by atoms with Crippen LogP contribution < -0.4 is 34.4 Å². The van der Waals surface area contributed by atoms with Crippen LogP contribution in [0.5, 0.6) is 0 Å². The van der Waals surface area contributed by atoms with Gasteiger partial charge in [-0.05, 0) is 50.7 Å². The van der Waals surface area contributed by atoms with Crippen LogP contribution in [0.3, 0.4) is 0 Å². The minimum atomic E-state index is 0.417. The first-order valence-electron chi connectivity index (χ1n) is 19.0. The van der Waals surface area contributed by atoms with Gasteiger partial charge in [-0.1, -0.05) is 53.7 Å². The van der Waals surface area contributed by atoms with Crippen LogP contribution in [0.2, 0.25) is 0 Å². The summed E-state index contributed by atoms with van der Waals surface area (Å²) >= 11 is 0. The van der Waals surface area contributed by atoms with Crippen molar-refractivity contribution in [2.45, 2.75) is 103 Å². The first kappa shape index (κ1) is 43.9. The van der Waals surface area contributed by atoms with E-state index in [-0.39, 0.29) is 0 Å². The Balaban J connectivity index is 0.000000217. The molecule has 6 heterocycles. The first-order chi connectivity index (χ1) is 26.9. The summed E-state index contributed by atoms with van der Waals surface area (Å²) in [6, 6.07) is 0. The predicted octanol–water partition coefficient (Wildman–Crippen LogP) is 6.80. The van der Waals surface area contributed by atoms with E-state index in [0.717, 1.165) is 85.5 Å². The minimum absolute atomic E-state index is 0.417. The summed E-state index contributed by atoms with van der Waals surface area (Å²) in [5, 5.41) is 0. The molecule has 4 atom stereocenters. The normalized spacial score (nSPS) is 12.8. The standard InChI is InChI=1S/2C14H24N6.2C5H7N3/c2*1-3-5-10(12-8-18-14(16)20-12)6-9(4-2)11-7-17-13(15)19-11;2*1-2-4-3-7-5(6)8-4/h2*7-10H,3-6H2,1-2H3,(H3,15,17,19)(H3,16,18,20);2*2-3H,1H2,(H3,6,7,8). The van der Waals surface area contributed by atoms with E-state index >= 15 is 0 Å². The number of anilines is 6. The Morgan fingerprint density at radius 2 is 0.714 bits per heavy atom. The number of imidazole rings is 6. The molecule has 0 aliphatic carbocycles. The van der Waals surface area contributed by atoms with Gasteiger partial charge in [-0.2, -0.15) is 0 Å². The quantitative estimate of drug-likeness (QED) is 0.0483. The topological polar surface area (TPSA) is 328 Å². The molecule has 0 aliphatic rings. The maximum absolute atomic E-state index is 5.69. The van der Waals surface area contributed by atoms with Crippen LogP contribution in [-0.4, -0.2) is 59.8 Å². The van der Waals surface area contributed by atoms with Gasteiger partial charge in [-0.15, -0.1) is 0 Å². The van der Waals surface area contributed by atoms with E-state index in [2.05, 4.69) is 101 Å². The number of H-pyrrole nitrogens is 6. The molecule has 0 aliphatic heterocycles. The van der Waals surface area contributed by atoms with Crippen LogP contribution in [0.15, 0.2) is 50.3 Å². The van der Waals surface area contributed by atoms with Crippen molar-refractivity contribution in [3.63, 3.8) is 0 Å². The van der Waals surface area contributed by atoms with Crippen LogP contribution in [-0.2, 0) is 0 Å². The number of nitrogen functional groups attached to an aromatic ring is 6. The van der Waals surface area contributed by atoms with Crippen LogP contribution in [0, 0.1) is 0 Å². The zero-order valence-corrected chi connectivity index (χ0v) is 33.1. The first-order valence-corrected chi connectivity index (χ1v) is 19.0. The number of hydrogen-bond donors (Lipinski definition) is 12. The molecule has 6 rings (SSSR count). The SMILES string of the molecule is C=Cc1cnc(N)[nH]1.C=Cc1cnc(N)[nH]1.CCCC(CC(CC)c1cnc(N)[nH]1)c1cnc(N)[nH]1.CCCC(CC(CC)c1cnc(N)[nH]1)c1cnc(N)[nH]1. The second-order valence-electron chi connectivity index (χ2n) is 13.4. The Bertz CT molecular complexity index is 1830. The highest BCUT2D eigenvalue weighted by atomic mass is 15.0. The average Bonchev–Trinajstić information content (AvgIpc) is 4.05. The van der Waals surface area contributed by atoms with E-state index < -0.39 is 0 Å².